The summed E-state index contributed by atoms with van der Waals surface area (Å²) in [6.45, 7) is 10.1. The van der Waals surface area contributed by atoms with Gasteiger partial charge in [0, 0.05) is 30.6 Å². The summed E-state index contributed by atoms with van der Waals surface area (Å²) in [5.41, 5.74) is 4.49. The normalized spacial score (nSPS) is 16.3. The number of nitrogens with zero attached hydrogens (tertiary/aromatic N) is 2. The summed E-state index contributed by atoms with van der Waals surface area (Å²) >= 11 is 0. The Labute approximate surface area is 155 Å². The summed E-state index contributed by atoms with van der Waals surface area (Å²) in [7, 11) is 0. The van der Waals surface area contributed by atoms with Crippen molar-refractivity contribution >= 4 is 5.91 Å². The van der Waals surface area contributed by atoms with Gasteiger partial charge >= 0.3 is 0 Å². The van der Waals surface area contributed by atoms with Crippen molar-refractivity contribution in [2.75, 3.05) is 6.61 Å². The highest BCUT2D eigenvalue weighted by atomic mass is 16.5. The van der Waals surface area contributed by atoms with Crippen LogP contribution in [0.4, 0.5) is 0 Å². The smallest absolute Gasteiger partial charge is 0.220 e. The first kappa shape index (κ1) is 18.5. The zero-order chi connectivity index (χ0) is 18.7. The van der Waals surface area contributed by atoms with Crippen molar-refractivity contribution in [1.29, 1.82) is 0 Å². The minimum absolute atomic E-state index is 0.0401. The van der Waals surface area contributed by atoms with Gasteiger partial charge in [-0.3, -0.25) is 9.48 Å². The van der Waals surface area contributed by atoms with Crippen LogP contribution < -0.4 is 10.1 Å². The Hall–Kier alpha value is -2.30. The number of hydrogen-bond acceptors (Lipinski definition) is 3. The van der Waals surface area contributed by atoms with E-state index in [1.807, 2.05) is 31.2 Å². The molecule has 26 heavy (non-hydrogen) atoms. The van der Waals surface area contributed by atoms with Crippen LogP contribution in [0.3, 0.4) is 0 Å². The predicted molar refractivity (Wildman–Crippen MR) is 102 cm³/mol. The first-order chi connectivity index (χ1) is 12.5. The van der Waals surface area contributed by atoms with E-state index in [2.05, 4.69) is 35.9 Å². The number of nitrogens with one attached hydrogen (secondary N) is 1. The van der Waals surface area contributed by atoms with Crippen LogP contribution in [0.25, 0.3) is 0 Å². The van der Waals surface area contributed by atoms with E-state index in [0.29, 0.717) is 18.9 Å². The van der Waals surface area contributed by atoms with Gasteiger partial charge in [-0.2, -0.15) is 5.10 Å². The lowest BCUT2D eigenvalue weighted by molar-refractivity contribution is -0.122. The maximum absolute atomic E-state index is 12.5. The molecule has 0 fully saturated rings. The molecule has 0 spiro atoms. The van der Waals surface area contributed by atoms with Gasteiger partial charge in [-0.1, -0.05) is 32.0 Å². The SMILES string of the molecule is Cc1nn(CC(C)C)c(C)c1CCC(=O)N[C@H]1CCOc2ccccc21. The molecule has 1 amide bonds. The van der Waals surface area contributed by atoms with Crippen molar-refractivity contribution in [3.05, 3.63) is 46.8 Å². The van der Waals surface area contributed by atoms with E-state index in [9.17, 15) is 4.79 Å². The highest BCUT2D eigenvalue weighted by Gasteiger charge is 2.23. The molecule has 5 nitrogen and oxygen atoms in total. The highest BCUT2D eigenvalue weighted by molar-refractivity contribution is 5.77. The number of ether oxygens (including phenoxy) is 1. The van der Waals surface area contributed by atoms with E-state index in [4.69, 9.17) is 4.74 Å². The summed E-state index contributed by atoms with van der Waals surface area (Å²) in [6.07, 6.45) is 2.02. The standard InChI is InChI=1S/C21H29N3O2/c1-14(2)13-24-16(4)17(15(3)23-24)9-10-21(25)22-19-11-12-26-20-8-6-5-7-18(19)20/h5-8,14,19H,9-13H2,1-4H3,(H,22,25)/t19-/m0/s1. The van der Waals surface area contributed by atoms with Crippen LogP contribution in [0.1, 0.15) is 55.2 Å². The third kappa shape index (κ3) is 4.09. The summed E-state index contributed by atoms with van der Waals surface area (Å²) in [4.78, 5) is 12.5. The Kier molecular flexibility index (Phi) is 5.64. The van der Waals surface area contributed by atoms with E-state index in [-0.39, 0.29) is 11.9 Å². The molecule has 0 bridgehead atoms. The average Bonchev–Trinajstić information content (AvgIpc) is 2.86. The van der Waals surface area contributed by atoms with Crippen molar-refractivity contribution in [2.45, 2.75) is 59.5 Å². The number of para-hydroxylation sites is 1. The molecule has 1 N–H and O–H groups in total. The van der Waals surface area contributed by atoms with Crippen molar-refractivity contribution in [1.82, 2.24) is 15.1 Å². The topological polar surface area (TPSA) is 56.2 Å². The predicted octanol–water partition coefficient (Wildman–Crippen LogP) is 3.73. The molecule has 140 valence electrons. The summed E-state index contributed by atoms with van der Waals surface area (Å²) in [5.74, 6) is 1.52. The Morgan fingerprint density at radius 2 is 2.12 bits per heavy atom. The fourth-order valence-electron chi connectivity index (χ4n) is 3.62. The molecule has 0 radical (unpaired) electrons. The maximum atomic E-state index is 12.5. The molecule has 1 aliphatic rings. The molecule has 0 unspecified atom stereocenters. The zero-order valence-electron chi connectivity index (χ0n) is 16.2. The Morgan fingerprint density at radius 3 is 2.88 bits per heavy atom. The van der Waals surface area contributed by atoms with Gasteiger partial charge in [0.2, 0.25) is 5.91 Å². The van der Waals surface area contributed by atoms with Crippen molar-refractivity contribution in [2.24, 2.45) is 5.92 Å². The molecule has 1 aromatic heterocycles. The van der Waals surface area contributed by atoms with Gasteiger partial charge in [0.25, 0.3) is 0 Å². The van der Waals surface area contributed by atoms with Gasteiger partial charge in [0.1, 0.15) is 5.75 Å². The van der Waals surface area contributed by atoms with Crippen LogP contribution >= 0.6 is 0 Å². The van der Waals surface area contributed by atoms with E-state index in [1.54, 1.807) is 0 Å². The molecule has 0 saturated carbocycles. The number of amides is 1. The molecule has 2 heterocycles. The number of benzene rings is 1. The first-order valence-corrected chi connectivity index (χ1v) is 9.49. The molecule has 0 aliphatic carbocycles. The minimum atomic E-state index is 0.0401. The second kappa shape index (κ2) is 7.94. The number of aromatic nitrogens is 2. The van der Waals surface area contributed by atoms with E-state index < -0.39 is 0 Å². The van der Waals surface area contributed by atoms with E-state index in [0.717, 1.165) is 36.4 Å². The second-order valence-electron chi connectivity index (χ2n) is 7.52. The number of hydrogen-bond donors (Lipinski definition) is 1. The second-order valence-corrected chi connectivity index (χ2v) is 7.52. The van der Waals surface area contributed by atoms with E-state index >= 15 is 0 Å². The van der Waals surface area contributed by atoms with Crippen LogP contribution in [0.2, 0.25) is 0 Å². The minimum Gasteiger partial charge on any atom is -0.493 e. The Bertz CT molecular complexity index is 780. The Balaban J connectivity index is 1.61. The number of rotatable bonds is 6. The van der Waals surface area contributed by atoms with Crippen LogP contribution in [-0.4, -0.2) is 22.3 Å². The first-order valence-electron chi connectivity index (χ1n) is 9.49. The average molecular weight is 355 g/mol. The third-order valence-corrected chi connectivity index (χ3v) is 4.97. The van der Waals surface area contributed by atoms with E-state index in [1.165, 1.54) is 11.3 Å². The van der Waals surface area contributed by atoms with Gasteiger partial charge in [0.05, 0.1) is 18.3 Å². The number of carbonyl (C=O) groups excluding carboxylic acids is 1. The monoisotopic (exact) mass is 355 g/mol. The van der Waals surface area contributed by atoms with Crippen molar-refractivity contribution in [3.63, 3.8) is 0 Å². The fourth-order valence-corrected chi connectivity index (χ4v) is 3.62. The van der Waals surface area contributed by atoms with Gasteiger partial charge in [0.15, 0.2) is 0 Å². The molecule has 5 heteroatoms. The largest absolute Gasteiger partial charge is 0.493 e. The molecular formula is C21H29N3O2. The van der Waals surface area contributed by atoms with Gasteiger partial charge < -0.3 is 10.1 Å². The van der Waals surface area contributed by atoms with Crippen LogP contribution in [-0.2, 0) is 17.8 Å². The molecule has 1 aromatic carbocycles. The molecule has 1 aliphatic heterocycles. The maximum Gasteiger partial charge on any atom is 0.220 e. The Morgan fingerprint density at radius 1 is 1.35 bits per heavy atom. The molecule has 1 atom stereocenters. The summed E-state index contributed by atoms with van der Waals surface area (Å²) < 4.78 is 7.74. The quantitative estimate of drug-likeness (QED) is 0.859. The zero-order valence-corrected chi connectivity index (χ0v) is 16.2. The van der Waals surface area contributed by atoms with Crippen LogP contribution in [0.5, 0.6) is 5.75 Å². The lowest BCUT2D eigenvalue weighted by Gasteiger charge is -2.26. The lowest BCUT2D eigenvalue weighted by Crippen LogP contribution is -2.32. The molecule has 2 aromatic rings. The van der Waals surface area contributed by atoms with Gasteiger partial charge in [-0.15, -0.1) is 0 Å². The summed E-state index contributed by atoms with van der Waals surface area (Å²) in [6, 6.07) is 7.98. The third-order valence-electron chi connectivity index (χ3n) is 4.97. The highest BCUT2D eigenvalue weighted by Crippen LogP contribution is 2.31. The van der Waals surface area contributed by atoms with Crippen molar-refractivity contribution < 1.29 is 9.53 Å². The number of fused-ring (bicyclic) bond motifs is 1. The molecule has 3 rings (SSSR count). The fraction of sp³-hybridized carbons (Fsp3) is 0.524. The summed E-state index contributed by atoms with van der Waals surface area (Å²) in [5, 5.41) is 7.82. The number of aryl methyl sites for hydroxylation is 1. The van der Waals surface area contributed by atoms with Crippen molar-refractivity contribution in [3.8, 4) is 5.75 Å². The molecule has 0 saturated heterocycles. The molecular weight excluding hydrogens is 326 g/mol. The number of carbonyl (C=O) groups is 1. The van der Waals surface area contributed by atoms with Crippen LogP contribution in [0.15, 0.2) is 24.3 Å². The van der Waals surface area contributed by atoms with Crippen LogP contribution in [0, 0.1) is 19.8 Å². The lowest BCUT2D eigenvalue weighted by atomic mass is 10.00. The van der Waals surface area contributed by atoms with Gasteiger partial charge in [-0.25, -0.2) is 0 Å². The van der Waals surface area contributed by atoms with Gasteiger partial charge in [-0.05, 0) is 37.8 Å².